The molecule has 1 aromatic rings. The molecule has 0 saturated heterocycles. The summed E-state index contributed by atoms with van der Waals surface area (Å²) >= 11 is 1.24. The number of para-hydroxylation sites is 1. The number of nitrogens with zero attached hydrogens (tertiary/aromatic N) is 1. The van der Waals surface area contributed by atoms with Gasteiger partial charge in [0, 0.05) is 0 Å². The largest absolute Gasteiger partial charge is 0.484 e. The Morgan fingerprint density at radius 1 is 1.44 bits per heavy atom. The molecule has 1 atom stereocenters. The van der Waals surface area contributed by atoms with Gasteiger partial charge in [0.1, 0.15) is 5.75 Å². The van der Waals surface area contributed by atoms with Crippen LogP contribution in [-0.4, -0.2) is 28.8 Å². The van der Waals surface area contributed by atoms with E-state index >= 15 is 0 Å². The maximum absolute atomic E-state index is 11.5. The minimum absolute atomic E-state index is 0.105. The van der Waals surface area contributed by atoms with Crippen LogP contribution in [0.2, 0.25) is 0 Å². The quantitative estimate of drug-likeness (QED) is 0.890. The van der Waals surface area contributed by atoms with Gasteiger partial charge in [0.15, 0.2) is 11.8 Å². The third-order valence-electron chi connectivity index (χ3n) is 2.21. The van der Waals surface area contributed by atoms with Crippen molar-refractivity contribution in [3.05, 3.63) is 30.3 Å². The van der Waals surface area contributed by atoms with E-state index in [0.717, 1.165) is 0 Å². The summed E-state index contributed by atoms with van der Waals surface area (Å²) in [5.74, 6) is 0.0735. The Kier molecular flexibility index (Phi) is 3.99. The lowest BCUT2D eigenvalue weighted by Gasteiger charge is -2.06. The summed E-state index contributed by atoms with van der Waals surface area (Å²) in [6, 6.07) is 9.04. The first kappa shape index (κ1) is 12.6. The number of rotatable bonds is 3. The number of hydrogen-bond donors (Lipinski definition) is 1. The van der Waals surface area contributed by atoms with Crippen molar-refractivity contribution in [2.45, 2.75) is 12.2 Å². The average Bonchev–Trinajstić information content (AvgIpc) is 2.67. The maximum Gasteiger partial charge on any atom is 0.263 e. The molecule has 0 fully saturated rings. The van der Waals surface area contributed by atoms with Gasteiger partial charge in [-0.25, -0.2) is 0 Å². The van der Waals surface area contributed by atoms with E-state index in [4.69, 9.17) is 4.74 Å². The maximum atomic E-state index is 11.5. The van der Waals surface area contributed by atoms with Gasteiger partial charge in [-0.05, 0) is 19.1 Å². The molecule has 0 saturated carbocycles. The van der Waals surface area contributed by atoms with Crippen LogP contribution in [0.1, 0.15) is 6.92 Å². The Labute approximate surface area is 109 Å². The molecule has 0 bridgehead atoms. The fourth-order valence-electron chi connectivity index (χ4n) is 1.31. The first-order valence-corrected chi connectivity index (χ1v) is 6.30. The summed E-state index contributed by atoms with van der Waals surface area (Å²) in [7, 11) is 0. The SMILES string of the molecule is CC1SC(NC(=O)COc2ccccc2)=NC1=O. The molecule has 2 amide bonds. The molecule has 1 aromatic carbocycles. The van der Waals surface area contributed by atoms with Crippen LogP contribution in [-0.2, 0) is 9.59 Å². The number of amidine groups is 1. The van der Waals surface area contributed by atoms with Crippen LogP contribution in [0.15, 0.2) is 35.3 Å². The van der Waals surface area contributed by atoms with E-state index in [0.29, 0.717) is 10.9 Å². The van der Waals surface area contributed by atoms with Gasteiger partial charge in [0.2, 0.25) is 0 Å². The van der Waals surface area contributed by atoms with E-state index in [1.807, 2.05) is 18.2 Å². The molecule has 0 spiro atoms. The zero-order valence-corrected chi connectivity index (χ0v) is 10.6. The molecule has 2 rings (SSSR count). The first-order chi connectivity index (χ1) is 8.65. The highest BCUT2D eigenvalue weighted by molar-refractivity contribution is 8.15. The second-order valence-electron chi connectivity index (χ2n) is 3.67. The van der Waals surface area contributed by atoms with Crippen molar-refractivity contribution in [3.8, 4) is 5.75 Å². The summed E-state index contributed by atoms with van der Waals surface area (Å²) in [5, 5.41) is 2.65. The highest BCUT2D eigenvalue weighted by Gasteiger charge is 2.25. The van der Waals surface area contributed by atoms with Crippen LogP contribution >= 0.6 is 11.8 Å². The van der Waals surface area contributed by atoms with E-state index < -0.39 is 0 Å². The molecule has 1 unspecified atom stereocenters. The van der Waals surface area contributed by atoms with Crippen LogP contribution in [0.25, 0.3) is 0 Å². The van der Waals surface area contributed by atoms with Crippen LogP contribution < -0.4 is 10.1 Å². The molecule has 0 aliphatic carbocycles. The van der Waals surface area contributed by atoms with E-state index in [9.17, 15) is 9.59 Å². The number of benzene rings is 1. The fourth-order valence-corrected chi connectivity index (χ4v) is 2.12. The molecule has 1 heterocycles. The molecule has 0 radical (unpaired) electrons. The Morgan fingerprint density at radius 3 is 2.78 bits per heavy atom. The fraction of sp³-hybridized carbons (Fsp3) is 0.250. The van der Waals surface area contributed by atoms with Gasteiger partial charge in [-0.15, -0.1) is 0 Å². The molecule has 5 nitrogen and oxygen atoms in total. The van der Waals surface area contributed by atoms with Gasteiger partial charge in [-0.3, -0.25) is 9.59 Å². The molecule has 1 aliphatic rings. The van der Waals surface area contributed by atoms with E-state index in [1.165, 1.54) is 11.8 Å². The van der Waals surface area contributed by atoms with Crippen LogP contribution in [0.4, 0.5) is 0 Å². The number of ether oxygens (including phenoxy) is 1. The summed E-state index contributed by atoms with van der Waals surface area (Å²) < 4.78 is 5.27. The van der Waals surface area contributed by atoms with Crippen LogP contribution in [0.3, 0.4) is 0 Å². The van der Waals surface area contributed by atoms with Gasteiger partial charge >= 0.3 is 0 Å². The second-order valence-corrected chi connectivity index (χ2v) is 4.99. The summed E-state index contributed by atoms with van der Waals surface area (Å²) in [6.07, 6.45) is 0. The predicted octanol–water partition coefficient (Wildman–Crippen LogP) is 1.20. The normalized spacial score (nSPS) is 18.4. The van der Waals surface area contributed by atoms with Crippen molar-refractivity contribution < 1.29 is 14.3 Å². The van der Waals surface area contributed by atoms with E-state index in [2.05, 4.69) is 10.3 Å². The second kappa shape index (κ2) is 5.68. The number of aliphatic imine (C=N–C) groups is 1. The van der Waals surface area contributed by atoms with Gasteiger partial charge in [0.05, 0.1) is 5.25 Å². The highest BCUT2D eigenvalue weighted by Crippen LogP contribution is 2.19. The standard InChI is InChI=1S/C12H12N2O3S/c1-8-11(16)14-12(18-8)13-10(15)7-17-9-5-3-2-4-6-9/h2-6,8H,7H2,1H3,(H,13,14,15,16). The zero-order valence-electron chi connectivity index (χ0n) is 9.75. The Hall–Kier alpha value is -1.82. The van der Waals surface area contributed by atoms with Gasteiger partial charge in [-0.2, -0.15) is 4.99 Å². The van der Waals surface area contributed by atoms with Gasteiger partial charge in [0.25, 0.3) is 11.8 Å². The van der Waals surface area contributed by atoms with Crippen molar-refractivity contribution >= 4 is 28.7 Å². The number of carbonyl (C=O) groups is 2. The predicted molar refractivity (Wildman–Crippen MR) is 69.6 cm³/mol. The smallest absolute Gasteiger partial charge is 0.263 e. The molecular formula is C12H12N2O3S. The molecule has 18 heavy (non-hydrogen) atoms. The summed E-state index contributed by atoms with van der Waals surface area (Å²) in [6.45, 7) is 1.64. The Bertz CT molecular complexity index is 487. The summed E-state index contributed by atoms with van der Waals surface area (Å²) in [4.78, 5) is 26.4. The molecule has 6 heteroatoms. The molecule has 1 N–H and O–H groups in total. The first-order valence-electron chi connectivity index (χ1n) is 5.42. The number of nitrogens with one attached hydrogen (secondary N) is 1. The van der Waals surface area contributed by atoms with Crippen molar-refractivity contribution in [1.82, 2.24) is 5.32 Å². The monoisotopic (exact) mass is 264 g/mol. The van der Waals surface area contributed by atoms with E-state index in [-0.39, 0.29) is 23.7 Å². The third-order valence-corrected chi connectivity index (χ3v) is 3.18. The minimum Gasteiger partial charge on any atom is -0.484 e. The lowest BCUT2D eigenvalue weighted by Crippen LogP contribution is -2.32. The highest BCUT2D eigenvalue weighted by atomic mass is 32.2. The molecule has 94 valence electrons. The van der Waals surface area contributed by atoms with E-state index in [1.54, 1.807) is 19.1 Å². The van der Waals surface area contributed by atoms with Crippen molar-refractivity contribution in [2.24, 2.45) is 4.99 Å². The molecular weight excluding hydrogens is 252 g/mol. The Balaban J connectivity index is 1.80. The van der Waals surface area contributed by atoms with Crippen molar-refractivity contribution in [3.63, 3.8) is 0 Å². The molecule has 0 aromatic heterocycles. The van der Waals surface area contributed by atoms with Gasteiger partial charge in [-0.1, -0.05) is 30.0 Å². The average molecular weight is 264 g/mol. The summed E-state index contributed by atoms with van der Waals surface area (Å²) in [5.41, 5.74) is 0. The van der Waals surface area contributed by atoms with Crippen LogP contribution in [0.5, 0.6) is 5.75 Å². The number of hydrogen-bond acceptors (Lipinski definition) is 4. The topological polar surface area (TPSA) is 67.8 Å². The molecule has 1 aliphatic heterocycles. The lowest BCUT2D eigenvalue weighted by molar-refractivity contribution is -0.121. The van der Waals surface area contributed by atoms with Crippen molar-refractivity contribution in [1.29, 1.82) is 0 Å². The lowest BCUT2D eigenvalue weighted by atomic mass is 10.3. The number of carbonyl (C=O) groups excluding carboxylic acids is 2. The van der Waals surface area contributed by atoms with Gasteiger partial charge < -0.3 is 10.1 Å². The zero-order chi connectivity index (χ0) is 13.0. The third kappa shape index (κ3) is 3.33. The number of thioether (sulfide) groups is 1. The number of amides is 2. The Morgan fingerprint density at radius 2 is 2.17 bits per heavy atom. The van der Waals surface area contributed by atoms with Crippen LogP contribution in [0, 0.1) is 0 Å². The minimum atomic E-state index is -0.327. The van der Waals surface area contributed by atoms with Crippen molar-refractivity contribution in [2.75, 3.05) is 6.61 Å².